The molecule has 2 aromatic rings. The SMILES string of the molecule is O=C(CC1C(=O)Nc2ccccc21)Nc1ccc(Cl)cc1Cl. The molecule has 0 aliphatic carbocycles. The Morgan fingerprint density at radius 1 is 1.18 bits per heavy atom. The zero-order chi connectivity index (χ0) is 15.7. The maximum absolute atomic E-state index is 12.2. The Labute approximate surface area is 137 Å². The van der Waals surface area contributed by atoms with E-state index >= 15 is 0 Å². The number of para-hydroxylation sites is 1. The van der Waals surface area contributed by atoms with E-state index in [1.165, 1.54) is 0 Å². The Kier molecular flexibility index (Phi) is 4.05. The molecular formula is C16H12Cl2N2O2. The second-order valence-electron chi connectivity index (χ2n) is 5.01. The zero-order valence-corrected chi connectivity index (χ0v) is 12.9. The van der Waals surface area contributed by atoms with Gasteiger partial charge in [-0.25, -0.2) is 0 Å². The molecule has 0 radical (unpaired) electrons. The minimum atomic E-state index is -0.484. The second-order valence-corrected chi connectivity index (χ2v) is 5.85. The highest BCUT2D eigenvalue weighted by molar-refractivity contribution is 6.36. The van der Waals surface area contributed by atoms with E-state index in [9.17, 15) is 9.59 Å². The monoisotopic (exact) mass is 334 g/mol. The number of halogens is 2. The van der Waals surface area contributed by atoms with Crippen LogP contribution in [0.3, 0.4) is 0 Å². The Bertz CT molecular complexity index is 762. The molecule has 112 valence electrons. The van der Waals surface area contributed by atoms with Crippen molar-refractivity contribution in [2.45, 2.75) is 12.3 Å². The van der Waals surface area contributed by atoms with Crippen molar-refractivity contribution in [1.29, 1.82) is 0 Å². The van der Waals surface area contributed by atoms with E-state index in [2.05, 4.69) is 10.6 Å². The lowest BCUT2D eigenvalue weighted by Crippen LogP contribution is -2.20. The van der Waals surface area contributed by atoms with E-state index in [1.807, 2.05) is 24.3 Å². The molecule has 0 saturated heterocycles. The maximum Gasteiger partial charge on any atom is 0.232 e. The third-order valence-corrected chi connectivity index (χ3v) is 4.05. The van der Waals surface area contributed by atoms with E-state index in [-0.39, 0.29) is 18.2 Å². The molecule has 6 heteroatoms. The average molecular weight is 335 g/mol. The van der Waals surface area contributed by atoms with Gasteiger partial charge in [0.15, 0.2) is 0 Å². The van der Waals surface area contributed by atoms with Crippen LogP contribution in [0, 0.1) is 0 Å². The Balaban J connectivity index is 1.73. The van der Waals surface area contributed by atoms with Crippen LogP contribution in [0.5, 0.6) is 0 Å². The van der Waals surface area contributed by atoms with Crippen molar-refractivity contribution < 1.29 is 9.59 Å². The number of rotatable bonds is 3. The molecule has 0 fully saturated rings. The maximum atomic E-state index is 12.2. The van der Waals surface area contributed by atoms with Crippen LogP contribution in [0.1, 0.15) is 17.9 Å². The lowest BCUT2D eigenvalue weighted by Gasteiger charge is -2.11. The zero-order valence-electron chi connectivity index (χ0n) is 11.4. The number of carbonyl (C=O) groups is 2. The van der Waals surface area contributed by atoms with E-state index in [0.717, 1.165) is 11.3 Å². The van der Waals surface area contributed by atoms with Gasteiger partial charge in [-0.15, -0.1) is 0 Å². The van der Waals surface area contributed by atoms with Gasteiger partial charge in [0.1, 0.15) is 0 Å². The largest absolute Gasteiger partial charge is 0.325 e. The average Bonchev–Trinajstić information content (AvgIpc) is 2.78. The van der Waals surface area contributed by atoms with Gasteiger partial charge in [0, 0.05) is 17.1 Å². The van der Waals surface area contributed by atoms with Gasteiger partial charge in [-0.2, -0.15) is 0 Å². The highest BCUT2D eigenvalue weighted by atomic mass is 35.5. The number of fused-ring (bicyclic) bond motifs is 1. The van der Waals surface area contributed by atoms with Crippen molar-refractivity contribution in [1.82, 2.24) is 0 Å². The van der Waals surface area contributed by atoms with E-state index in [4.69, 9.17) is 23.2 Å². The third kappa shape index (κ3) is 2.93. The third-order valence-electron chi connectivity index (χ3n) is 3.51. The molecule has 4 nitrogen and oxygen atoms in total. The van der Waals surface area contributed by atoms with Crippen LogP contribution >= 0.6 is 23.2 Å². The molecular weight excluding hydrogens is 323 g/mol. The number of amides is 2. The highest BCUT2D eigenvalue weighted by Gasteiger charge is 2.31. The first-order chi connectivity index (χ1) is 10.5. The fourth-order valence-electron chi connectivity index (χ4n) is 2.46. The predicted octanol–water partition coefficient (Wildman–Crippen LogP) is 4.06. The molecule has 2 aromatic carbocycles. The van der Waals surface area contributed by atoms with E-state index in [1.54, 1.807) is 18.2 Å². The van der Waals surface area contributed by atoms with Crippen molar-refractivity contribution in [3.63, 3.8) is 0 Å². The van der Waals surface area contributed by atoms with Crippen LogP contribution < -0.4 is 10.6 Å². The van der Waals surface area contributed by atoms with Crippen LogP contribution in [0.4, 0.5) is 11.4 Å². The highest BCUT2D eigenvalue weighted by Crippen LogP contribution is 2.34. The summed E-state index contributed by atoms with van der Waals surface area (Å²) in [6.07, 6.45) is 0.0573. The summed E-state index contributed by atoms with van der Waals surface area (Å²) in [4.78, 5) is 24.2. The summed E-state index contributed by atoms with van der Waals surface area (Å²) in [7, 11) is 0. The summed E-state index contributed by atoms with van der Waals surface area (Å²) < 4.78 is 0. The van der Waals surface area contributed by atoms with Crippen LogP contribution in [0.2, 0.25) is 10.0 Å². The molecule has 1 aliphatic heterocycles. The van der Waals surface area contributed by atoms with E-state index < -0.39 is 5.92 Å². The molecule has 2 amide bonds. The van der Waals surface area contributed by atoms with Gasteiger partial charge in [0.2, 0.25) is 11.8 Å². The normalized spacial score (nSPS) is 16.1. The molecule has 3 rings (SSSR count). The van der Waals surface area contributed by atoms with Gasteiger partial charge >= 0.3 is 0 Å². The van der Waals surface area contributed by atoms with Crippen LogP contribution in [0.25, 0.3) is 0 Å². The fraction of sp³-hybridized carbons (Fsp3) is 0.125. The first-order valence-corrected chi connectivity index (χ1v) is 7.45. The number of hydrogen-bond donors (Lipinski definition) is 2. The van der Waals surface area contributed by atoms with Gasteiger partial charge in [-0.05, 0) is 29.8 Å². The molecule has 0 bridgehead atoms. The van der Waals surface area contributed by atoms with Crippen LogP contribution in [-0.4, -0.2) is 11.8 Å². The summed E-state index contributed by atoms with van der Waals surface area (Å²) in [5.74, 6) is -0.929. The predicted molar refractivity (Wildman–Crippen MR) is 87.5 cm³/mol. The molecule has 0 aromatic heterocycles. The van der Waals surface area contributed by atoms with Crippen molar-refractivity contribution in [2.24, 2.45) is 0 Å². The topological polar surface area (TPSA) is 58.2 Å². The number of benzene rings is 2. The number of nitrogens with one attached hydrogen (secondary N) is 2. The van der Waals surface area contributed by atoms with Gasteiger partial charge < -0.3 is 10.6 Å². The fourth-order valence-corrected chi connectivity index (χ4v) is 2.91. The summed E-state index contributed by atoms with van der Waals surface area (Å²) in [5, 5.41) is 6.33. The number of anilines is 2. The summed E-state index contributed by atoms with van der Waals surface area (Å²) >= 11 is 11.8. The Hall–Kier alpha value is -2.04. The van der Waals surface area contributed by atoms with Crippen molar-refractivity contribution in [2.75, 3.05) is 10.6 Å². The summed E-state index contributed by atoms with van der Waals surface area (Å²) in [6, 6.07) is 12.2. The van der Waals surface area contributed by atoms with Gasteiger partial charge in [-0.3, -0.25) is 9.59 Å². The summed E-state index contributed by atoms with van der Waals surface area (Å²) in [5.41, 5.74) is 2.07. The molecule has 1 unspecified atom stereocenters. The molecule has 0 spiro atoms. The van der Waals surface area contributed by atoms with Gasteiger partial charge in [0.05, 0.1) is 16.6 Å². The minimum absolute atomic E-state index is 0.0573. The molecule has 1 atom stereocenters. The van der Waals surface area contributed by atoms with E-state index in [0.29, 0.717) is 15.7 Å². The smallest absolute Gasteiger partial charge is 0.232 e. The Morgan fingerprint density at radius 3 is 2.73 bits per heavy atom. The number of carbonyl (C=O) groups excluding carboxylic acids is 2. The van der Waals surface area contributed by atoms with Crippen molar-refractivity contribution >= 4 is 46.4 Å². The van der Waals surface area contributed by atoms with Crippen LogP contribution in [-0.2, 0) is 9.59 Å². The summed E-state index contributed by atoms with van der Waals surface area (Å²) in [6.45, 7) is 0. The molecule has 1 heterocycles. The van der Waals surface area contributed by atoms with Crippen LogP contribution in [0.15, 0.2) is 42.5 Å². The van der Waals surface area contributed by atoms with Gasteiger partial charge in [0.25, 0.3) is 0 Å². The van der Waals surface area contributed by atoms with Crippen molar-refractivity contribution in [3.8, 4) is 0 Å². The minimum Gasteiger partial charge on any atom is -0.325 e. The molecule has 2 N–H and O–H groups in total. The molecule has 0 saturated carbocycles. The van der Waals surface area contributed by atoms with Gasteiger partial charge in [-0.1, -0.05) is 41.4 Å². The lowest BCUT2D eigenvalue weighted by molar-refractivity contribution is -0.122. The van der Waals surface area contributed by atoms with Crippen molar-refractivity contribution in [3.05, 3.63) is 58.1 Å². The Morgan fingerprint density at radius 2 is 1.95 bits per heavy atom. The molecule has 1 aliphatic rings. The molecule has 22 heavy (non-hydrogen) atoms. The quantitative estimate of drug-likeness (QED) is 0.889. The lowest BCUT2D eigenvalue weighted by atomic mass is 9.97. The first kappa shape index (κ1) is 14.9. The standard InChI is InChI=1S/C16H12Cl2N2O2/c17-9-5-6-14(12(18)7-9)19-15(21)8-11-10-3-1-2-4-13(10)20-16(11)22/h1-7,11H,8H2,(H,19,21)(H,20,22). The second kappa shape index (κ2) is 5.99. The first-order valence-electron chi connectivity index (χ1n) is 6.69. The number of hydrogen-bond acceptors (Lipinski definition) is 2.